The van der Waals surface area contributed by atoms with Gasteiger partial charge in [0.15, 0.2) is 0 Å². The summed E-state index contributed by atoms with van der Waals surface area (Å²) in [5.74, 6) is -0.0371. The van der Waals surface area contributed by atoms with Crippen LogP contribution in [0.1, 0.15) is 23.3 Å². The Hall–Kier alpha value is -0.970. The molecule has 0 radical (unpaired) electrons. The summed E-state index contributed by atoms with van der Waals surface area (Å²) < 4.78 is 13.6. The molecule has 0 aliphatic carbocycles. The largest absolute Gasteiger partial charge is 0.383 e. The van der Waals surface area contributed by atoms with E-state index in [1.807, 2.05) is 19.9 Å². The first-order valence-electron chi connectivity index (χ1n) is 5.92. The topological polar surface area (TPSA) is 38.9 Å². The third-order valence-corrected chi connectivity index (χ3v) is 4.69. The minimum atomic E-state index is -0.478. The number of aromatic nitrogens is 1. The maximum atomic E-state index is 13.6. The normalized spacial score (nSPS) is 12.4. The molecule has 0 aliphatic heterocycles. The smallest absolute Gasteiger partial charge is 0.142 e. The van der Waals surface area contributed by atoms with Crippen LogP contribution in [-0.2, 0) is 0 Å². The van der Waals surface area contributed by atoms with Gasteiger partial charge >= 0.3 is 0 Å². The zero-order valence-corrected chi connectivity index (χ0v) is 13.3. The van der Waals surface area contributed by atoms with Crippen molar-refractivity contribution in [2.24, 2.45) is 0 Å². The number of halogens is 3. The third kappa shape index (κ3) is 3.19. The van der Waals surface area contributed by atoms with Crippen LogP contribution in [0.4, 0.5) is 10.2 Å². The van der Waals surface area contributed by atoms with Gasteiger partial charge in [0.2, 0.25) is 0 Å². The minimum absolute atomic E-state index is 0.0525. The van der Waals surface area contributed by atoms with Crippen molar-refractivity contribution in [3.05, 3.63) is 51.4 Å². The monoisotopic (exact) mass is 330 g/mol. The number of benzene rings is 1. The van der Waals surface area contributed by atoms with E-state index in [1.165, 1.54) is 23.9 Å². The number of hydrogen-bond acceptors (Lipinski definition) is 3. The summed E-state index contributed by atoms with van der Waals surface area (Å²) in [5, 5.41) is 0.351. The Morgan fingerprint density at radius 2 is 2.05 bits per heavy atom. The highest BCUT2D eigenvalue weighted by atomic mass is 35.5. The van der Waals surface area contributed by atoms with Crippen molar-refractivity contribution in [3.63, 3.8) is 0 Å². The molecule has 1 unspecified atom stereocenters. The first-order chi connectivity index (χ1) is 9.40. The van der Waals surface area contributed by atoms with E-state index in [1.54, 1.807) is 6.20 Å². The number of thioether (sulfide) groups is 1. The maximum Gasteiger partial charge on any atom is 0.142 e. The van der Waals surface area contributed by atoms with Crippen molar-refractivity contribution in [2.75, 3.05) is 5.73 Å². The summed E-state index contributed by atoms with van der Waals surface area (Å²) in [5.41, 5.74) is 7.42. The lowest BCUT2D eigenvalue weighted by Crippen LogP contribution is -1.98. The molecule has 2 N–H and O–H groups in total. The molecule has 1 aromatic carbocycles. The lowest BCUT2D eigenvalue weighted by Gasteiger charge is -2.16. The number of anilines is 1. The van der Waals surface area contributed by atoms with Gasteiger partial charge in [0.25, 0.3) is 0 Å². The molecule has 1 heterocycles. The number of nitrogens with zero attached hydrogens (tertiary/aromatic N) is 1. The molecular formula is C14H13Cl2FN2S. The highest BCUT2D eigenvalue weighted by Gasteiger charge is 2.19. The number of rotatable bonds is 3. The van der Waals surface area contributed by atoms with Crippen molar-refractivity contribution >= 4 is 40.8 Å². The van der Waals surface area contributed by atoms with Gasteiger partial charge in [-0.15, -0.1) is 11.8 Å². The average Bonchev–Trinajstić information content (AvgIpc) is 2.39. The fourth-order valence-electron chi connectivity index (χ4n) is 1.81. The van der Waals surface area contributed by atoms with Gasteiger partial charge < -0.3 is 5.73 Å². The SMILES string of the molecule is Cc1cnc(N)c(SC(C)c2c(Cl)ccc(F)c2Cl)c1. The van der Waals surface area contributed by atoms with E-state index in [9.17, 15) is 4.39 Å². The van der Waals surface area contributed by atoms with E-state index in [0.717, 1.165) is 10.5 Å². The predicted octanol–water partition coefficient (Wildman–Crippen LogP) is 5.27. The van der Waals surface area contributed by atoms with Crippen LogP contribution in [0.25, 0.3) is 0 Å². The van der Waals surface area contributed by atoms with E-state index < -0.39 is 5.82 Å². The first kappa shape index (κ1) is 15.4. The molecule has 2 nitrogen and oxygen atoms in total. The lowest BCUT2D eigenvalue weighted by atomic mass is 10.1. The Morgan fingerprint density at radius 1 is 1.35 bits per heavy atom. The maximum absolute atomic E-state index is 13.6. The summed E-state index contributed by atoms with van der Waals surface area (Å²) >= 11 is 13.6. The second-order valence-corrected chi connectivity index (χ2v) is 6.58. The van der Waals surface area contributed by atoms with Crippen molar-refractivity contribution < 1.29 is 4.39 Å². The molecule has 0 fully saturated rings. The van der Waals surface area contributed by atoms with Crippen LogP contribution in [0.3, 0.4) is 0 Å². The van der Waals surface area contributed by atoms with Crippen molar-refractivity contribution in [3.8, 4) is 0 Å². The van der Waals surface area contributed by atoms with Crippen molar-refractivity contribution in [1.29, 1.82) is 0 Å². The van der Waals surface area contributed by atoms with Crippen LogP contribution in [-0.4, -0.2) is 4.98 Å². The Bertz CT molecular complexity index is 649. The second kappa shape index (κ2) is 6.20. The standard InChI is InChI=1S/C14H13Cl2FN2S/c1-7-5-11(14(18)19-6-7)20-8(2)12-9(15)3-4-10(17)13(12)16/h3-6,8H,1-2H3,(H2,18,19). The summed E-state index contributed by atoms with van der Waals surface area (Å²) in [4.78, 5) is 4.93. The molecular weight excluding hydrogens is 318 g/mol. The number of pyridine rings is 1. The Labute approximate surface area is 131 Å². The fraction of sp³-hybridized carbons (Fsp3) is 0.214. The van der Waals surface area contributed by atoms with Gasteiger partial charge in [-0.2, -0.15) is 0 Å². The number of nitrogen functional groups attached to an aromatic ring is 1. The molecule has 0 aliphatic rings. The van der Waals surface area contributed by atoms with Crippen LogP contribution >= 0.6 is 35.0 Å². The third-order valence-electron chi connectivity index (χ3n) is 2.81. The molecule has 1 aromatic heterocycles. The van der Waals surface area contributed by atoms with Crippen LogP contribution in [0.15, 0.2) is 29.3 Å². The number of hydrogen-bond donors (Lipinski definition) is 1. The van der Waals surface area contributed by atoms with Crippen LogP contribution in [0.5, 0.6) is 0 Å². The van der Waals surface area contributed by atoms with Gasteiger partial charge in [-0.25, -0.2) is 9.37 Å². The zero-order chi connectivity index (χ0) is 14.9. The van der Waals surface area contributed by atoms with Crippen molar-refractivity contribution in [1.82, 2.24) is 4.98 Å². The van der Waals surface area contributed by atoms with Crippen LogP contribution < -0.4 is 5.73 Å². The Balaban J connectivity index is 2.35. The summed E-state index contributed by atoms with van der Waals surface area (Å²) in [6.07, 6.45) is 1.70. The zero-order valence-electron chi connectivity index (χ0n) is 11.0. The molecule has 0 amide bonds. The Morgan fingerprint density at radius 3 is 2.75 bits per heavy atom. The minimum Gasteiger partial charge on any atom is -0.383 e. The van der Waals surface area contributed by atoms with Crippen LogP contribution in [0.2, 0.25) is 10.0 Å². The van der Waals surface area contributed by atoms with E-state index in [2.05, 4.69) is 4.98 Å². The summed E-state index contributed by atoms with van der Waals surface area (Å²) in [6.45, 7) is 3.84. The number of nitrogens with two attached hydrogens (primary N) is 1. The lowest BCUT2D eigenvalue weighted by molar-refractivity contribution is 0.626. The van der Waals surface area contributed by atoms with Gasteiger partial charge in [0.05, 0.1) is 9.92 Å². The van der Waals surface area contributed by atoms with E-state index in [-0.39, 0.29) is 10.3 Å². The molecule has 0 saturated heterocycles. The number of aryl methyl sites for hydroxylation is 1. The molecule has 20 heavy (non-hydrogen) atoms. The first-order valence-corrected chi connectivity index (χ1v) is 7.56. The summed E-state index contributed by atoms with van der Waals surface area (Å²) in [7, 11) is 0. The van der Waals surface area contributed by atoms with E-state index >= 15 is 0 Å². The molecule has 0 saturated carbocycles. The van der Waals surface area contributed by atoms with Crippen LogP contribution in [0, 0.1) is 12.7 Å². The molecule has 0 bridgehead atoms. The van der Waals surface area contributed by atoms with Gasteiger partial charge in [0, 0.05) is 22.0 Å². The molecule has 2 rings (SSSR count). The quantitative estimate of drug-likeness (QED) is 0.615. The molecule has 2 aromatic rings. The average molecular weight is 331 g/mol. The highest BCUT2D eigenvalue weighted by molar-refractivity contribution is 7.99. The predicted molar refractivity (Wildman–Crippen MR) is 84.1 cm³/mol. The molecule has 106 valence electrons. The van der Waals surface area contributed by atoms with Gasteiger partial charge in [0.1, 0.15) is 11.6 Å². The van der Waals surface area contributed by atoms with Crippen molar-refractivity contribution in [2.45, 2.75) is 24.0 Å². The Kier molecular flexibility index (Phi) is 4.78. The van der Waals surface area contributed by atoms with Gasteiger partial charge in [-0.1, -0.05) is 23.2 Å². The van der Waals surface area contributed by atoms with Gasteiger partial charge in [-0.05, 0) is 37.6 Å². The molecule has 6 heteroatoms. The molecule has 1 atom stereocenters. The van der Waals surface area contributed by atoms with E-state index in [0.29, 0.717) is 16.4 Å². The summed E-state index contributed by atoms with van der Waals surface area (Å²) in [6, 6.07) is 4.70. The van der Waals surface area contributed by atoms with E-state index in [4.69, 9.17) is 28.9 Å². The van der Waals surface area contributed by atoms with Gasteiger partial charge in [-0.3, -0.25) is 0 Å². The highest BCUT2D eigenvalue weighted by Crippen LogP contribution is 2.43. The molecule has 0 spiro atoms. The second-order valence-electron chi connectivity index (χ2n) is 4.41. The fourth-order valence-corrected chi connectivity index (χ4v) is 3.81.